The first-order valence-corrected chi connectivity index (χ1v) is 12.9. The summed E-state index contributed by atoms with van der Waals surface area (Å²) in [6, 6.07) is 18.1. The Balaban J connectivity index is 1.86. The summed E-state index contributed by atoms with van der Waals surface area (Å²) in [5, 5.41) is 0. The van der Waals surface area contributed by atoms with Gasteiger partial charge in [0.05, 0.1) is 17.6 Å². The van der Waals surface area contributed by atoms with Crippen LogP contribution in [-0.2, 0) is 35.5 Å². The molecule has 3 aromatic carbocycles. The van der Waals surface area contributed by atoms with Gasteiger partial charge in [-0.05, 0) is 49.2 Å². The van der Waals surface area contributed by atoms with Crippen molar-refractivity contribution >= 4 is 15.8 Å². The molecule has 0 heterocycles. The highest BCUT2D eigenvalue weighted by molar-refractivity contribution is 7.92. The van der Waals surface area contributed by atoms with Gasteiger partial charge in [0.15, 0.2) is 9.84 Å². The van der Waals surface area contributed by atoms with E-state index in [1.165, 1.54) is 19.2 Å². The highest BCUT2D eigenvalue weighted by Gasteiger charge is 2.52. The van der Waals surface area contributed by atoms with E-state index in [9.17, 15) is 17.6 Å². The second kappa shape index (κ2) is 10.2. The van der Waals surface area contributed by atoms with Crippen molar-refractivity contribution in [1.82, 2.24) is 0 Å². The van der Waals surface area contributed by atoms with Crippen LogP contribution in [0.15, 0.2) is 89.0 Å². The predicted molar refractivity (Wildman–Crippen MR) is 131 cm³/mol. The molecule has 0 radical (unpaired) electrons. The van der Waals surface area contributed by atoms with E-state index >= 15 is 4.39 Å². The van der Waals surface area contributed by atoms with Gasteiger partial charge in [0.25, 0.3) is 0 Å². The minimum Gasteiger partial charge on any atom is -0.493 e. The van der Waals surface area contributed by atoms with Crippen molar-refractivity contribution in [3.05, 3.63) is 112 Å². The molecule has 0 bridgehead atoms. The number of rotatable bonds is 7. The van der Waals surface area contributed by atoms with Crippen molar-refractivity contribution in [3.63, 3.8) is 0 Å². The van der Waals surface area contributed by atoms with Crippen molar-refractivity contribution < 1.29 is 31.5 Å². The van der Waals surface area contributed by atoms with Gasteiger partial charge in [-0.1, -0.05) is 48.0 Å². The highest BCUT2D eigenvalue weighted by atomic mass is 32.2. The fourth-order valence-electron chi connectivity index (χ4n) is 4.55. The third-order valence-corrected chi connectivity index (χ3v) is 9.00. The number of esters is 1. The largest absolute Gasteiger partial charge is 0.493 e. The van der Waals surface area contributed by atoms with E-state index in [0.29, 0.717) is 0 Å². The van der Waals surface area contributed by atoms with Gasteiger partial charge in [0.2, 0.25) is 0 Å². The van der Waals surface area contributed by atoms with Crippen molar-refractivity contribution in [2.24, 2.45) is 0 Å². The third kappa shape index (κ3) is 4.78. The van der Waals surface area contributed by atoms with Crippen LogP contribution in [-0.4, -0.2) is 21.5 Å². The van der Waals surface area contributed by atoms with Crippen LogP contribution in [0.2, 0.25) is 0 Å². The van der Waals surface area contributed by atoms with E-state index in [2.05, 4.69) is 0 Å². The summed E-state index contributed by atoms with van der Waals surface area (Å²) < 4.78 is 66.7. The fraction of sp³-hybridized carbons (Fsp3) is 0.250. The number of ether oxygens (including phenoxy) is 2. The molecule has 0 N–H and O–H groups in total. The quantitative estimate of drug-likeness (QED) is 0.376. The molecule has 36 heavy (non-hydrogen) atoms. The number of hydrogen-bond acceptors (Lipinski definition) is 5. The van der Waals surface area contributed by atoms with Crippen LogP contribution in [0.3, 0.4) is 0 Å². The van der Waals surface area contributed by atoms with Gasteiger partial charge in [-0.25, -0.2) is 22.0 Å². The monoisotopic (exact) mass is 512 g/mol. The average Bonchev–Trinajstić information content (AvgIpc) is 2.89. The van der Waals surface area contributed by atoms with Crippen LogP contribution >= 0.6 is 0 Å². The van der Waals surface area contributed by atoms with Crippen molar-refractivity contribution in [2.45, 2.75) is 42.4 Å². The first-order chi connectivity index (χ1) is 17.2. The molecule has 1 aliphatic carbocycles. The van der Waals surface area contributed by atoms with Gasteiger partial charge in [0, 0.05) is 18.4 Å². The smallest absolute Gasteiger partial charge is 0.337 e. The number of aryl methyl sites for hydroxylation is 1. The van der Waals surface area contributed by atoms with Crippen LogP contribution in [0.5, 0.6) is 0 Å². The molecule has 8 heteroatoms. The summed E-state index contributed by atoms with van der Waals surface area (Å²) in [6.07, 6.45) is -0.535. The number of methoxy groups -OCH3 is 1. The van der Waals surface area contributed by atoms with Gasteiger partial charge < -0.3 is 9.47 Å². The average molecular weight is 513 g/mol. The molecular weight excluding hydrogens is 486 g/mol. The molecule has 3 aromatic rings. The zero-order valence-electron chi connectivity index (χ0n) is 20.0. The molecule has 0 amide bonds. The first-order valence-electron chi connectivity index (χ1n) is 11.4. The lowest BCUT2D eigenvalue weighted by molar-refractivity contribution is -0.136. The van der Waals surface area contributed by atoms with Crippen LogP contribution in [0.1, 0.15) is 36.0 Å². The topological polar surface area (TPSA) is 69.7 Å². The summed E-state index contributed by atoms with van der Waals surface area (Å²) in [5.74, 6) is -2.15. The summed E-state index contributed by atoms with van der Waals surface area (Å²) in [5.41, 5.74) is 1.36. The number of carbonyl (C=O) groups excluding carboxylic acids is 1. The highest BCUT2D eigenvalue weighted by Crippen LogP contribution is 2.50. The van der Waals surface area contributed by atoms with E-state index in [0.717, 1.165) is 29.3 Å². The molecule has 188 valence electrons. The molecular formula is C28H26F2O5S. The zero-order chi connectivity index (χ0) is 25.9. The minimum absolute atomic E-state index is 0.0122. The Morgan fingerprint density at radius 2 is 1.69 bits per heavy atom. The minimum atomic E-state index is -4.30. The molecule has 5 nitrogen and oxygen atoms in total. The molecule has 0 fully saturated rings. The predicted octanol–water partition coefficient (Wildman–Crippen LogP) is 5.77. The number of carbonyl (C=O) groups is 1. The van der Waals surface area contributed by atoms with Crippen molar-refractivity contribution in [2.75, 3.05) is 7.11 Å². The Morgan fingerprint density at radius 1 is 1.00 bits per heavy atom. The fourth-order valence-corrected chi connectivity index (χ4v) is 6.64. The standard InChI is InChI=1S/C28H26F2O5S/c1-19-8-11-22(12-9-19)36(32,33)28(24-16-21(29)10-13-25(24)30)15-14-26(23(17-28)27(31)34-2)35-18-20-6-4-3-5-7-20/h3-13,16H,14-15,17-18H2,1-2H3. The second-order valence-corrected chi connectivity index (χ2v) is 11.0. The maximum absolute atomic E-state index is 15.2. The van der Waals surface area contributed by atoms with E-state index in [1.807, 2.05) is 37.3 Å². The molecule has 0 spiro atoms. The normalized spacial score (nSPS) is 18.1. The summed E-state index contributed by atoms with van der Waals surface area (Å²) in [6.45, 7) is 1.97. The maximum Gasteiger partial charge on any atom is 0.337 e. The SMILES string of the molecule is COC(=O)C1=C(OCc2ccccc2)CCC(c2cc(F)ccc2F)(S(=O)(=O)c2ccc(C)cc2)C1. The maximum atomic E-state index is 15.2. The Labute approximate surface area is 209 Å². The summed E-state index contributed by atoms with van der Waals surface area (Å²) in [7, 11) is -3.12. The van der Waals surface area contributed by atoms with Crippen LogP contribution in [0.4, 0.5) is 8.78 Å². The van der Waals surface area contributed by atoms with Gasteiger partial charge in [-0.3, -0.25) is 0 Å². The number of hydrogen-bond donors (Lipinski definition) is 0. The van der Waals surface area contributed by atoms with Gasteiger partial charge in [-0.2, -0.15) is 0 Å². The van der Waals surface area contributed by atoms with Crippen LogP contribution in [0.25, 0.3) is 0 Å². The zero-order valence-corrected chi connectivity index (χ0v) is 20.8. The van der Waals surface area contributed by atoms with Crippen molar-refractivity contribution in [1.29, 1.82) is 0 Å². The number of allylic oxidation sites excluding steroid dienone is 1. The lowest BCUT2D eigenvalue weighted by Crippen LogP contribution is -2.41. The van der Waals surface area contributed by atoms with E-state index in [4.69, 9.17) is 9.47 Å². The second-order valence-electron chi connectivity index (χ2n) is 8.78. The number of benzene rings is 3. The molecule has 0 aromatic heterocycles. The van der Waals surface area contributed by atoms with Crippen molar-refractivity contribution in [3.8, 4) is 0 Å². The number of sulfone groups is 1. The van der Waals surface area contributed by atoms with Gasteiger partial charge in [0.1, 0.15) is 28.7 Å². The lowest BCUT2D eigenvalue weighted by Gasteiger charge is -2.38. The van der Waals surface area contributed by atoms with E-state index in [1.54, 1.807) is 12.1 Å². The third-order valence-electron chi connectivity index (χ3n) is 6.51. The first kappa shape index (κ1) is 25.6. The summed E-state index contributed by atoms with van der Waals surface area (Å²) in [4.78, 5) is 12.8. The Morgan fingerprint density at radius 3 is 2.36 bits per heavy atom. The Bertz CT molecular complexity index is 1400. The number of halogens is 2. The molecule has 0 saturated heterocycles. The molecule has 1 atom stereocenters. The van der Waals surface area contributed by atoms with E-state index < -0.39 is 38.6 Å². The van der Waals surface area contributed by atoms with Gasteiger partial charge >= 0.3 is 5.97 Å². The van der Waals surface area contributed by atoms with Gasteiger partial charge in [-0.15, -0.1) is 0 Å². The van der Waals surface area contributed by atoms with Crippen LogP contribution in [0, 0.1) is 18.6 Å². The molecule has 1 aliphatic rings. The Kier molecular flexibility index (Phi) is 7.26. The molecule has 4 rings (SSSR count). The van der Waals surface area contributed by atoms with E-state index in [-0.39, 0.29) is 41.2 Å². The molecule has 1 unspecified atom stereocenters. The van der Waals surface area contributed by atoms with Crippen LogP contribution < -0.4 is 0 Å². The molecule has 0 aliphatic heterocycles. The molecule has 0 saturated carbocycles. The Hall–Kier alpha value is -3.52. The summed E-state index contributed by atoms with van der Waals surface area (Å²) >= 11 is 0. The lowest BCUT2D eigenvalue weighted by atomic mass is 9.81.